The van der Waals surface area contributed by atoms with Gasteiger partial charge in [0, 0.05) is 6.42 Å². The molecule has 2 nitrogen and oxygen atoms in total. The lowest BCUT2D eigenvalue weighted by atomic mass is 10.1. The van der Waals surface area contributed by atoms with Crippen LogP contribution in [0.4, 0.5) is 13.2 Å². The summed E-state index contributed by atoms with van der Waals surface area (Å²) in [5.41, 5.74) is 7.72. The van der Waals surface area contributed by atoms with Crippen LogP contribution in [-0.2, 0) is 0 Å². The van der Waals surface area contributed by atoms with Gasteiger partial charge in [0.25, 0.3) is 0 Å². The number of benzene rings is 1. The molecule has 1 unspecified atom stereocenters. The van der Waals surface area contributed by atoms with Crippen LogP contribution in [0.2, 0.25) is 0 Å². The molecule has 0 saturated heterocycles. The van der Waals surface area contributed by atoms with Gasteiger partial charge in [-0.05, 0) is 50.1 Å². The first kappa shape index (κ1) is 14.8. The molecule has 1 atom stereocenters. The maximum atomic E-state index is 12.7. The first-order valence-corrected chi connectivity index (χ1v) is 5.77. The molecule has 102 valence electrons. The lowest BCUT2D eigenvalue weighted by molar-refractivity contribution is -0.196. The molecule has 0 radical (unpaired) electrons. The fourth-order valence-electron chi connectivity index (χ4n) is 1.72. The molecule has 0 aromatic heterocycles. The maximum absolute atomic E-state index is 12.7. The zero-order valence-corrected chi connectivity index (χ0v) is 10.8. The quantitative estimate of drug-likeness (QED) is 0.902. The van der Waals surface area contributed by atoms with Crippen LogP contribution in [0.5, 0.6) is 5.75 Å². The molecule has 18 heavy (non-hydrogen) atoms. The molecular formula is C13H18F3NO. The zero-order valence-electron chi connectivity index (χ0n) is 10.8. The summed E-state index contributed by atoms with van der Waals surface area (Å²) in [6.45, 7) is 5.36. The number of hydrogen-bond acceptors (Lipinski definition) is 2. The van der Waals surface area contributed by atoms with Crippen molar-refractivity contribution in [2.75, 3.05) is 6.54 Å². The number of ether oxygens (including phenoxy) is 1. The highest BCUT2D eigenvalue weighted by molar-refractivity contribution is 5.42. The fourth-order valence-corrected chi connectivity index (χ4v) is 1.72. The standard InChI is InChI=1S/C13H18F3NO/c1-8-6-9(2)10(3)11(7-8)18-12(4-5-17)13(14,15)16/h6-7,12H,4-5,17H2,1-3H3. The normalized spacial score (nSPS) is 13.5. The lowest BCUT2D eigenvalue weighted by Crippen LogP contribution is -2.36. The van der Waals surface area contributed by atoms with Gasteiger partial charge in [0.2, 0.25) is 0 Å². The van der Waals surface area contributed by atoms with Crippen molar-refractivity contribution in [2.45, 2.75) is 39.5 Å². The molecule has 1 aromatic rings. The summed E-state index contributed by atoms with van der Waals surface area (Å²) in [4.78, 5) is 0. The smallest absolute Gasteiger partial charge is 0.425 e. The minimum absolute atomic E-state index is 0.0615. The van der Waals surface area contributed by atoms with E-state index in [0.717, 1.165) is 16.7 Å². The maximum Gasteiger partial charge on any atom is 0.425 e. The molecule has 0 aliphatic heterocycles. The van der Waals surface area contributed by atoms with Gasteiger partial charge in [-0.25, -0.2) is 0 Å². The average molecular weight is 261 g/mol. The number of nitrogens with two attached hydrogens (primary N) is 1. The largest absolute Gasteiger partial charge is 0.481 e. The molecule has 2 N–H and O–H groups in total. The van der Waals surface area contributed by atoms with Crippen LogP contribution in [0, 0.1) is 20.8 Å². The van der Waals surface area contributed by atoms with Crippen LogP contribution in [0.15, 0.2) is 12.1 Å². The van der Waals surface area contributed by atoms with Gasteiger partial charge in [0.05, 0.1) is 0 Å². The zero-order chi connectivity index (χ0) is 13.9. The van der Waals surface area contributed by atoms with Gasteiger partial charge in [0.1, 0.15) is 5.75 Å². The van der Waals surface area contributed by atoms with Gasteiger partial charge in [-0.15, -0.1) is 0 Å². The van der Waals surface area contributed by atoms with Crippen LogP contribution >= 0.6 is 0 Å². The van der Waals surface area contributed by atoms with E-state index in [9.17, 15) is 13.2 Å². The van der Waals surface area contributed by atoms with Crippen molar-refractivity contribution in [3.63, 3.8) is 0 Å². The number of alkyl halides is 3. The Morgan fingerprint density at radius 2 is 1.83 bits per heavy atom. The minimum Gasteiger partial charge on any atom is -0.481 e. The predicted molar refractivity (Wildman–Crippen MR) is 64.8 cm³/mol. The second-order valence-corrected chi connectivity index (χ2v) is 4.43. The van der Waals surface area contributed by atoms with E-state index in [2.05, 4.69) is 0 Å². The Morgan fingerprint density at radius 3 is 2.33 bits per heavy atom. The molecule has 0 aliphatic rings. The second kappa shape index (κ2) is 5.61. The number of aryl methyl sites for hydroxylation is 2. The molecule has 0 amide bonds. The van der Waals surface area contributed by atoms with Gasteiger partial charge < -0.3 is 10.5 Å². The number of halogens is 3. The lowest BCUT2D eigenvalue weighted by Gasteiger charge is -2.23. The summed E-state index contributed by atoms with van der Waals surface area (Å²) in [5, 5.41) is 0. The van der Waals surface area contributed by atoms with Gasteiger partial charge in [0.15, 0.2) is 6.10 Å². The number of hydrogen-bond donors (Lipinski definition) is 1. The highest BCUT2D eigenvalue weighted by Gasteiger charge is 2.41. The van der Waals surface area contributed by atoms with E-state index < -0.39 is 12.3 Å². The third kappa shape index (κ3) is 3.63. The van der Waals surface area contributed by atoms with Crippen LogP contribution in [-0.4, -0.2) is 18.8 Å². The van der Waals surface area contributed by atoms with E-state index in [1.54, 1.807) is 13.0 Å². The first-order valence-electron chi connectivity index (χ1n) is 5.77. The molecule has 0 heterocycles. The Bertz CT molecular complexity index is 415. The van der Waals surface area contributed by atoms with Crippen molar-refractivity contribution in [3.05, 3.63) is 28.8 Å². The molecule has 0 bridgehead atoms. The van der Waals surface area contributed by atoms with E-state index in [1.807, 2.05) is 19.9 Å². The summed E-state index contributed by atoms with van der Waals surface area (Å²) < 4.78 is 43.3. The topological polar surface area (TPSA) is 35.2 Å². The Labute approximate surface area is 105 Å². The van der Waals surface area contributed by atoms with Crippen molar-refractivity contribution < 1.29 is 17.9 Å². The molecule has 1 aromatic carbocycles. The molecule has 1 rings (SSSR count). The summed E-state index contributed by atoms with van der Waals surface area (Å²) in [7, 11) is 0. The second-order valence-electron chi connectivity index (χ2n) is 4.43. The molecule has 0 spiro atoms. The van der Waals surface area contributed by atoms with Crippen molar-refractivity contribution in [1.82, 2.24) is 0 Å². The van der Waals surface area contributed by atoms with Crippen LogP contribution in [0.25, 0.3) is 0 Å². The molecule has 0 fully saturated rings. The average Bonchev–Trinajstić information content (AvgIpc) is 2.23. The third-order valence-corrected chi connectivity index (χ3v) is 2.83. The Hall–Kier alpha value is -1.23. The summed E-state index contributed by atoms with van der Waals surface area (Å²) in [5.74, 6) is 0.281. The Balaban J connectivity index is 3.01. The SMILES string of the molecule is Cc1cc(C)c(C)c(OC(CCN)C(F)(F)F)c1. The van der Waals surface area contributed by atoms with Crippen LogP contribution in [0.3, 0.4) is 0 Å². The monoisotopic (exact) mass is 261 g/mol. The van der Waals surface area contributed by atoms with E-state index in [0.29, 0.717) is 0 Å². The summed E-state index contributed by atoms with van der Waals surface area (Å²) in [6, 6.07) is 3.53. The van der Waals surface area contributed by atoms with Crippen molar-refractivity contribution in [2.24, 2.45) is 5.73 Å². The molecular weight excluding hydrogens is 243 g/mol. The van der Waals surface area contributed by atoms with Crippen molar-refractivity contribution in [3.8, 4) is 5.75 Å². The van der Waals surface area contributed by atoms with Gasteiger partial charge in [-0.2, -0.15) is 13.2 Å². The van der Waals surface area contributed by atoms with E-state index in [4.69, 9.17) is 10.5 Å². The minimum atomic E-state index is -4.40. The van der Waals surface area contributed by atoms with Crippen molar-refractivity contribution >= 4 is 0 Å². The van der Waals surface area contributed by atoms with Gasteiger partial charge in [-0.1, -0.05) is 6.07 Å². The van der Waals surface area contributed by atoms with Crippen molar-refractivity contribution in [1.29, 1.82) is 0 Å². The summed E-state index contributed by atoms with van der Waals surface area (Å²) in [6.07, 6.45) is -6.48. The highest BCUT2D eigenvalue weighted by atomic mass is 19.4. The van der Waals surface area contributed by atoms with Gasteiger partial charge >= 0.3 is 6.18 Å². The fraction of sp³-hybridized carbons (Fsp3) is 0.538. The van der Waals surface area contributed by atoms with E-state index >= 15 is 0 Å². The number of rotatable bonds is 4. The highest BCUT2D eigenvalue weighted by Crippen LogP contribution is 2.30. The van der Waals surface area contributed by atoms with E-state index in [1.165, 1.54) is 0 Å². The molecule has 0 saturated carbocycles. The molecule has 0 aliphatic carbocycles. The van der Waals surface area contributed by atoms with Crippen LogP contribution < -0.4 is 10.5 Å². The predicted octanol–water partition coefficient (Wildman–Crippen LogP) is 3.27. The molecule has 5 heteroatoms. The van der Waals surface area contributed by atoms with E-state index in [-0.39, 0.29) is 18.7 Å². The van der Waals surface area contributed by atoms with Gasteiger partial charge in [-0.3, -0.25) is 0 Å². The first-order chi connectivity index (χ1) is 8.25. The van der Waals surface area contributed by atoms with Crippen LogP contribution in [0.1, 0.15) is 23.1 Å². The Kier molecular flexibility index (Phi) is 4.62. The Morgan fingerprint density at radius 1 is 1.22 bits per heavy atom. The summed E-state index contributed by atoms with van der Waals surface area (Å²) >= 11 is 0. The third-order valence-electron chi connectivity index (χ3n) is 2.83.